The average molecular weight is 293 g/mol. The van der Waals surface area contributed by atoms with E-state index >= 15 is 0 Å². The maximum atomic E-state index is 3.34. The molecule has 1 nitrogen and oxygen atoms in total. The first-order chi connectivity index (χ1) is 10.9. The van der Waals surface area contributed by atoms with E-state index in [1.165, 1.54) is 49.7 Å². The summed E-state index contributed by atoms with van der Waals surface area (Å²) < 4.78 is 0. The Labute approximate surface area is 135 Å². The summed E-state index contributed by atoms with van der Waals surface area (Å²) in [5.74, 6) is 0. The molecule has 0 aliphatic heterocycles. The van der Waals surface area contributed by atoms with Crippen molar-refractivity contribution in [2.24, 2.45) is 0 Å². The number of allylic oxidation sites excluding steroid dienone is 1. The maximum absolute atomic E-state index is 3.34. The van der Waals surface area contributed by atoms with Gasteiger partial charge in [-0.15, -0.1) is 0 Å². The molecule has 2 aromatic rings. The van der Waals surface area contributed by atoms with Gasteiger partial charge in [-0.05, 0) is 43.0 Å². The third-order valence-corrected chi connectivity index (χ3v) is 3.81. The van der Waals surface area contributed by atoms with Crippen molar-refractivity contribution in [1.29, 1.82) is 0 Å². The van der Waals surface area contributed by atoms with E-state index in [2.05, 4.69) is 78.3 Å². The van der Waals surface area contributed by atoms with Crippen molar-refractivity contribution in [2.45, 2.75) is 45.1 Å². The fourth-order valence-corrected chi connectivity index (χ4v) is 2.53. The summed E-state index contributed by atoms with van der Waals surface area (Å²) in [4.78, 5) is 0. The van der Waals surface area contributed by atoms with Gasteiger partial charge in [0, 0.05) is 6.54 Å². The molecule has 0 bridgehead atoms. The molecule has 2 aromatic carbocycles. The Bertz CT molecular complexity index is 516. The van der Waals surface area contributed by atoms with Gasteiger partial charge in [0.15, 0.2) is 0 Å². The summed E-state index contributed by atoms with van der Waals surface area (Å²) in [6, 6.07) is 21.3. The summed E-state index contributed by atoms with van der Waals surface area (Å²) in [5.41, 5.74) is 2.79. The monoisotopic (exact) mass is 293 g/mol. The Morgan fingerprint density at radius 2 is 1.32 bits per heavy atom. The van der Waals surface area contributed by atoms with Crippen molar-refractivity contribution < 1.29 is 0 Å². The zero-order chi connectivity index (χ0) is 15.3. The molecule has 0 aliphatic carbocycles. The minimum Gasteiger partial charge on any atom is -0.387 e. The lowest BCUT2D eigenvalue weighted by Gasteiger charge is -2.02. The van der Waals surface area contributed by atoms with Crippen LogP contribution in [0, 0.1) is 0 Å². The molecule has 0 saturated carbocycles. The Morgan fingerprint density at radius 1 is 0.682 bits per heavy atom. The first kappa shape index (κ1) is 16.4. The van der Waals surface area contributed by atoms with Gasteiger partial charge in [0.05, 0.1) is 0 Å². The molecular formula is C21H27N. The van der Waals surface area contributed by atoms with Crippen LogP contribution in [0.2, 0.25) is 0 Å². The molecule has 0 unspecified atom stereocenters. The molecule has 0 aromatic heterocycles. The lowest BCUT2D eigenvalue weighted by molar-refractivity contribution is 0.645. The molecule has 1 N–H and O–H groups in total. The molecule has 0 atom stereocenters. The molecule has 0 aliphatic rings. The molecule has 0 radical (unpaired) electrons. The van der Waals surface area contributed by atoms with E-state index in [0.29, 0.717) is 0 Å². The highest BCUT2D eigenvalue weighted by Crippen LogP contribution is 2.08. The normalized spacial score (nSPS) is 10.9. The first-order valence-electron chi connectivity index (χ1n) is 8.41. The van der Waals surface area contributed by atoms with Gasteiger partial charge < -0.3 is 5.32 Å². The van der Waals surface area contributed by atoms with E-state index in [4.69, 9.17) is 0 Å². The lowest BCUT2D eigenvalue weighted by atomic mass is 10.1. The summed E-state index contributed by atoms with van der Waals surface area (Å²) in [5, 5.41) is 3.34. The van der Waals surface area contributed by atoms with Crippen molar-refractivity contribution in [3.8, 4) is 0 Å². The van der Waals surface area contributed by atoms with Crippen LogP contribution in [0.5, 0.6) is 0 Å². The number of benzene rings is 2. The van der Waals surface area contributed by atoms with Crippen LogP contribution < -0.4 is 5.32 Å². The van der Waals surface area contributed by atoms with Crippen molar-refractivity contribution in [3.63, 3.8) is 0 Å². The first-order valence-corrected chi connectivity index (χ1v) is 8.41. The van der Waals surface area contributed by atoms with E-state index in [9.17, 15) is 0 Å². The molecule has 116 valence electrons. The molecule has 1 heteroatoms. The van der Waals surface area contributed by atoms with Gasteiger partial charge in [0.25, 0.3) is 0 Å². The molecule has 0 saturated heterocycles. The molecule has 0 fully saturated rings. The summed E-state index contributed by atoms with van der Waals surface area (Å²) in [6.07, 6.45) is 12.0. The fourth-order valence-electron chi connectivity index (χ4n) is 2.53. The van der Waals surface area contributed by atoms with Crippen LogP contribution in [0.4, 0.5) is 0 Å². The highest BCUT2D eigenvalue weighted by atomic mass is 14.8. The van der Waals surface area contributed by atoms with Crippen molar-refractivity contribution >= 4 is 0 Å². The topological polar surface area (TPSA) is 12.0 Å². The lowest BCUT2D eigenvalue weighted by Crippen LogP contribution is -2.03. The average Bonchev–Trinajstić information content (AvgIpc) is 2.58. The fraction of sp³-hybridized carbons (Fsp3) is 0.333. The van der Waals surface area contributed by atoms with Gasteiger partial charge in [-0.1, -0.05) is 79.6 Å². The minimum atomic E-state index is 0.911. The SMILES string of the molecule is C(=C\NCc1ccccc1)/CCCCCCc1ccccc1. The van der Waals surface area contributed by atoms with Crippen molar-refractivity contribution in [2.75, 3.05) is 0 Å². The third kappa shape index (κ3) is 7.12. The maximum Gasteiger partial charge on any atom is 0.0395 e. The van der Waals surface area contributed by atoms with Crippen LogP contribution in [0.25, 0.3) is 0 Å². The van der Waals surface area contributed by atoms with Gasteiger partial charge in [0.2, 0.25) is 0 Å². The number of rotatable bonds is 10. The quantitative estimate of drug-likeness (QED) is 0.572. The van der Waals surface area contributed by atoms with Crippen LogP contribution >= 0.6 is 0 Å². The number of nitrogens with one attached hydrogen (secondary N) is 1. The zero-order valence-electron chi connectivity index (χ0n) is 13.4. The third-order valence-electron chi connectivity index (χ3n) is 3.81. The van der Waals surface area contributed by atoms with Crippen LogP contribution in [-0.2, 0) is 13.0 Å². The van der Waals surface area contributed by atoms with E-state index < -0.39 is 0 Å². The minimum absolute atomic E-state index is 0.911. The molecule has 0 amide bonds. The van der Waals surface area contributed by atoms with Crippen LogP contribution in [0.15, 0.2) is 72.9 Å². The van der Waals surface area contributed by atoms with Crippen LogP contribution in [-0.4, -0.2) is 0 Å². The number of hydrogen-bond acceptors (Lipinski definition) is 1. The van der Waals surface area contributed by atoms with Crippen molar-refractivity contribution in [1.82, 2.24) is 5.32 Å². The molecule has 2 rings (SSSR count). The number of unbranched alkanes of at least 4 members (excludes halogenated alkanes) is 4. The largest absolute Gasteiger partial charge is 0.387 e. The van der Waals surface area contributed by atoms with Crippen LogP contribution in [0.3, 0.4) is 0 Å². The van der Waals surface area contributed by atoms with Gasteiger partial charge in [-0.3, -0.25) is 0 Å². The Hall–Kier alpha value is -2.02. The summed E-state index contributed by atoms with van der Waals surface area (Å²) in [6.45, 7) is 0.911. The van der Waals surface area contributed by atoms with E-state index in [1.807, 2.05) is 0 Å². The second kappa shape index (κ2) is 10.7. The van der Waals surface area contributed by atoms with Gasteiger partial charge in [-0.2, -0.15) is 0 Å². The second-order valence-electron chi connectivity index (χ2n) is 5.71. The molecular weight excluding hydrogens is 266 g/mol. The Morgan fingerprint density at radius 3 is 2.05 bits per heavy atom. The smallest absolute Gasteiger partial charge is 0.0395 e. The van der Waals surface area contributed by atoms with Crippen LogP contribution in [0.1, 0.15) is 43.2 Å². The standard InChI is InChI=1S/C21H27N/c1(3-7-13-20-14-8-5-9-15-20)2-4-12-18-22-19-21-16-10-6-11-17-21/h5-6,8-12,14-18,22H,1-4,7,13,19H2/b18-12+. The van der Waals surface area contributed by atoms with Gasteiger partial charge in [0.1, 0.15) is 0 Å². The predicted octanol–water partition coefficient (Wildman–Crippen LogP) is 5.48. The van der Waals surface area contributed by atoms with E-state index in [0.717, 1.165) is 6.54 Å². The molecule has 22 heavy (non-hydrogen) atoms. The highest BCUT2D eigenvalue weighted by molar-refractivity contribution is 5.15. The molecule has 0 spiro atoms. The van der Waals surface area contributed by atoms with Gasteiger partial charge >= 0.3 is 0 Å². The predicted molar refractivity (Wildman–Crippen MR) is 95.7 cm³/mol. The van der Waals surface area contributed by atoms with Crippen molar-refractivity contribution in [3.05, 3.63) is 84.1 Å². The zero-order valence-corrected chi connectivity index (χ0v) is 13.4. The summed E-state index contributed by atoms with van der Waals surface area (Å²) in [7, 11) is 0. The Kier molecular flexibility index (Phi) is 7.93. The molecule has 0 heterocycles. The Balaban J connectivity index is 1.43. The number of hydrogen-bond donors (Lipinski definition) is 1. The number of aryl methyl sites for hydroxylation is 1. The highest BCUT2D eigenvalue weighted by Gasteiger charge is 1.92. The van der Waals surface area contributed by atoms with Gasteiger partial charge in [-0.25, -0.2) is 0 Å². The summed E-state index contributed by atoms with van der Waals surface area (Å²) >= 11 is 0. The van der Waals surface area contributed by atoms with E-state index in [1.54, 1.807) is 0 Å². The second-order valence-corrected chi connectivity index (χ2v) is 5.71. The van der Waals surface area contributed by atoms with E-state index in [-0.39, 0.29) is 0 Å².